The Morgan fingerprint density at radius 2 is 0.506 bits per heavy atom. The first-order chi connectivity index (χ1) is 38.0. The molecule has 0 saturated heterocycles. The van der Waals surface area contributed by atoms with Gasteiger partial charge < -0.3 is 14.2 Å². The zero-order chi connectivity index (χ0) is 55.7. The summed E-state index contributed by atoms with van der Waals surface area (Å²) < 4.78 is 16.8. The van der Waals surface area contributed by atoms with E-state index < -0.39 is 6.10 Å². The number of carbonyl (C=O) groups is 3. The minimum absolute atomic E-state index is 0.0747. The number of esters is 3. The number of ether oxygens (including phenoxy) is 3. The minimum Gasteiger partial charge on any atom is -0.462 e. The molecule has 0 rings (SSSR count). The summed E-state index contributed by atoms with van der Waals surface area (Å²) in [6.45, 7) is 6.46. The molecule has 0 amide bonds. The fraction of sp³-hybridized carbons (Fsp3) is 0.761. The van der Waals surface area contributed by atoms with Crippen molar-refractivity contribution in [3.8, 4) is 0 Å². The highest BCUT2D eigenvalue weighted by Gasteiger charge is 2.19. The van der Waals surface area contributed by atoms with Crippen molar-refractivity contribution in [1.82, 2.24) is 0 Å². The Bertz CT molecular complexity index is 1470. The van der Waals surface area contributed by atoms with Crippen molar-refractivity contribution < 1.29 is 28.6 Å². The molecular formula is C71H124O6. The van der Waals surface area contributed by atoms with Gasteiger partial charge in [-0.2, -0.15) is 0 Å². The standard InChI is InChI=1S/C71H124O6/c1-4-7-10-13-15-17-19-21-23-25-27-29-31-33-34-35-36-38-39-41-43-45-47-49-51-53-55-58-61-64-70(73)76-67-68(66-75-69(72)63-60-57-12-9-6-3)77-71(74)65-62-59-56-54-52-50-48-46-44-42-40-37-32-30-28-26-24-22-20-18-16-14-11-8-5-2/h7,10,15,17,20-23,26-29,33-34,68H,4-6,8-9,11-14,16,18-19,24-25,30-32,35-67H2,1-3H3/b10-7-,17-15-,22-20-,23-21-,28-26-,29-27-,34-33-. The topological polar surface area (TPSA) is 78.9 Å². The second-order valence-electron chi connectivity index (χ2n) is 22.0. The highest BCUT2D eigenvalue weighted by Crippen LogP contribution is 2.17. The maximum absolute atomic E-state index is 12.8. The van der Waals surface area contributed by atoms with Gasteiger partial charge in [0.1, 0.15) is 13.2 Å². The van der Waals surface area contributed by atoms with E-state index in [1.165, 1.54) is 186 Å². The van der Waals surface area contributed by atoms with Gasteiger partial charge in [0.05, 0.1) is 0 Å². The molecule has 0 bridgehead atoms. The molecule has 0 N–H and O–H groups in total. The highest BCUT2D eigenvalue weighted by molar-refractivity contribution is 5.71. The van der Waals surface area contributed by atoms with Gasteiger partial charge in [0.15, 0.2) is 6.10 Å². The number of rotatable bonds is 60. The Morgan fingerprint density at radius 3 is 0.792 bits per heavy atom. The van der Waals surface area contributed by atoms with E-state index >= 15 is 0 Å². The first kappa shape index (κ1) is 73.6. The Kier molecular flexibility index (Phi) is 62.2. The Morgan fingerprint density at radius 1 is 0.273 bits per heavy atom. The third kappa shape index (κ3) is 63.3. The van der Waals surface area contributed by atoms with Crippen molar-refractivity contribution in [2.75, 3.05) is 13.2 Å². The smallest absolute Gasteiger partial charge is 0.306 e. The summed E-state index contributed by atoms with van der Waals surface area (Å²) in [5.41, 5.74) is 0. The maximum Gasteiger partial charge on any atom is 0.306 e. The molecule has 6 heteroatoms. The predicted molar refractivity (Wildman–Crippen MR) is 334 cm³/mol. The number of unbranched alkanes of at least 4 members (excludes halogenated alkanes) is 35. The van der Waals surface area contributed by atoms with E-state index in [0.717, 1.165) is 103 Å². The van der Waals surface area contributed by atoms with Crippen LogP contribution in [-0.4, -0.2) is 37.2 Å². The van der Waals surface area contributed by atoms with E-state index in [2.05, 4.69) is 106 Å². The summed E-state index contributed by atoms with van der Waals surface area (Å²) in [6.07, 6.45) is 86.5. The Hall–Kier alpha value is -3.41. The van der Waals surface area contributed by atoms with Crippen LogP contribution in [0, 0.1) is 0 Å². The molecule has 0 radical (unpaired) electrons. The van der Waals surface area contributed by atoms with Gasteiger partial charge in [0.25, 0.3) is 0 Å². The van der Waals surface area contributed by atoms with Gasteiger partial charge in [0, 0.05) is 19.3 Å². The number of hydrogen-bond acceptors (Lipinski definition) is 6. The maximum atomic E-state index is 12.8. The second-order valence-corrected chi connectivity index (χ2v) is 22.0. The van der Waals surface area contributed by atoms with E-state index in [-0.39, 0.29) is 31.1 Å². The third-order valence-electron chi connectivity index (χ3n) is 14.4. The van der Waals surface area contributed by atoms with E-state index in [1.54, 1.807) is 0 Å². The summed E-state index contributed by atoms with van der Waals surface area (Å²) in [6, 6.07) is 0. The Balaban J connectivity index is 4.01. The van der Waals surface area contributed by atoms with Crippen LogP contribution in [0.5, 0.6) is 0 Å². The minimum atomic E-state index is -0.773. The van der Waals surface area contributed by atoms with Crippen LogP contribution in [0.15, 0.2) is 85.1 Å². The van der Waals surface area contributed by atoms with Gasteiger partial charge >= 0.3 is 17.9 Å². The molecule has 0 aliphatic heterocycles. The van der Waals surface area contributed by atoms with Crippen molar-refractivity contribution in [2.24, 2.45) is 0 Å². The number of allylic oxidation sites excluding steroid dienone is 14. The van der Waals surface area contributed by atoms with Gasteiger partial charge in [-0.05, 0) is 96.3 Å². The Labute approximate surface area is 477 Å². The van der Waals surface area contributed by atoms with E-state index in [1.807, 2.05) is 0 Å². The molecule has 0 spiro atoms. The quantitative estimate of drug-likeness (QED) is 0.0261. The molecule has 0 heterocycles. The van der Waals surface area contributed by atoms with Crippen LogP contribution < -0.4 is 0 Å². The zero-order valence-corrected chi connectivity index (χ0v) is 51.0. The summed E-state index contributed by atoms with van der Waals surface area (Å²) in [7, 11) is 0. The molecule has 444 valence electrons. The van der Waals surface area contributed by atoms with Gasteiger partial charge in [-0.1, -0.05) is 298 Å². The van der Waals surface area contributed by atoms with Crippen molar-refractivity contribution in [3.63, 3.8) is 0 Å². The molecule has 0 aromatic heterocycles. The molecule has 1 unspecified atom stereocenters. The predicted octanol–water partition coefficient (Wildman–Crippen LogP) is 22.7. The summed E-state index contributed by atoms with van der Waals surface area (Å²) in [4.78, 5) is 38.0. The first-order valence-electron chi connectivity index (χ1n) is 33.1. The molecule has 0 aromatic rings. The molecule has 0 aromatic carbocycles. The molecule has 0 fully saturated rings. The molecule has 0 saturated carbocycles. The molecule has 1 atom stereocenters. The average Bonchev–Trinajstić information content (AvgIpc) is 3.43. The van der Waals surface area contributed by atoms with Crippen molar-refractivity contribution in [2.45, 2.75) is 335 Å². The lowest BCUT2D eigenvalue weighted by molar-refractivity contribution is -0.167. The average molecular weight is 1070 g/mol. The normalized spacial score (nSPS) is 12.6. The molecule has 0 aliphatic carbocycles. The fourth-order valence-corrected chi connectivity index (χ4v) is 9.44. The second kappa shape index (κ2) is 65.1. The summed E-state index contributed by atoms with van der Waals surface area (Å²) in [5, 5.41) is 0. The zero-order valence-electron chi connectivity index (χ0n) is 51.0. The van der Waals surface area contributed by atoms with Crippen LogP contribution in [0.3, 0.4) is 0 Å². The highest BCUT2D eigenvalue weighted by atomic mass is 16.6. The van der Waals surface area contributed by atoms with Crippen molar-refractivity contribution in [3.05, 3.63) is 85.1 Å². The van der Waals surface area contributed by atoms with Crippen LogP contribution in [0.2, 0.25) is 0 Å². The van der Waals surface area contributed by atoms with E-state index in [4.69, 9.17) is 14.2 Å². The van der Waals surface area contributed by atoms with Gasteiger partial charge in [-0.3, -0.25) is 14.4 Å². The van der Waals surface area contributed by atoms with Crippen LogP contribution in [-0.2, 0) is 28.6 Å². The summed E-state index contributed by atoms with van der Waals surface area (Å²) in [5.74, 6) is -0.878. The third-order valence-corrected chi connectivity index (χ3v) is 14.4. The van der Waals surface area contributed by atoms with E-state index in [0.29, 0.717) is 19.3 Å². The lowest BCUT2D eigenvalue weighted by Gasteiger charge is -2.18. The van der Waals surface area contributed by atoms with Gasteiger partial charge in [0.2, 0.25) is 0 Å². The van der Waals surface area contributed by atoms with Crippen LogP contribution in [0.25, 0.3) is 0 Å². The molecular weight excluding hydrogens is 949 g/mol. The lowest BCUT2D eigenvalue weighted by Crippen LogP contribution is -2.30. The summed E-state index contributed by atoms with van der Waals surface area (Å²) >= 11 is 0. The SMILES string of the molecule is CC/C=C\C/C=C\C/C=C\C/C=C\C/C=C\CCCCCCCCCCCCCCCC(=O)OCC(COC(=O)CCCCCCC)OC(=O)CCCCCCCCCCCCCCC/C=C\C/C=C\CCCCCCC. The van der Waals surface area contributed by atoms with Crippen LogP contribution >= 0.6 is 0 Å². The first-order valence-corrected chi connectivity index (χ1v) is 33.1. The van der Waals surface area contributed by atoms with Crippen LogP contribution in [0.1, 0.15) is 329 Å². The molecule has 77 heavy (non-hydrogen) atoms. The van der Waals surface area contributed by atoms with Gasteiger partial charge in [-0.25, -0.2) is 0 Å². The number of hydrogen-bond donors (Lipinski definition) is 0. The monoisotopic (exact) mass is 1070 g/mol. The largest absolute Gasteiger partial charge is 0.462 e. The molecule has 0 aliphatic rings. The van der Waals surface area contributed by atoms with Crippen LogP contribution in [0.4, 0.5) is 0 Å². The fourth-order valence-electron chi connectivity index (χ4n) is 9.44. The van der Waals surface area contributed by atoms with Crippen molar-refractivity contribution >= 4 is 17.9 Å². The molecule has 6 nitrogen and oxygen atoms in total. The van der Waals surface area contributed by atoms with Crippen molar-refractivity contribution in [1.29, 1.82) is 0 Å². The van der Waals surface area contributed by atoms with Gasteiger partial charge in [-0.15, -0.1) is 0 Å². The number of carbonyl (C=O) groups excluding carboxylic acids is 3. The van der Waals surface area contributed by atoms with E-state index in [9.17, 15) is 14.4 Å². The lowest BCUT2D eigenvalue weighted by atomic mass is 10.0.